The van der Waals surface area contributed by atoms with Gasteiger partial charge in [0.25, 0.3) is 0 Å². The van der Waals surface area contributed by atoms with Crippen LogP contribution in [-0.4, -0.2) is 61.4 Å². The second-order valence-electron chi connectivity index (χ2n) is 7.16. The maximum Gasteiger partial charge on any atom is 0.161 e. The summed E-state index contributed by atoms with van der Waals surface area (Å²) in [5, 5.41) is 0. The van der Waals surface area contributed by atoms with Gasteiger partial charge >= 0.3 is 0 Å². The highest BCUT2D eigenvalue weighted by Crippen LogP contribution is 2.29. The Morgan fingerprint density at radius 2 is 1.93 bits per heavy atom. The van der Waals surface area contributed by atoms with Gasteiger partial charge in [-0.1, -0.05) is 13.0 Å². The highest BCUT2D eigenvalue weighted by Gasteiger charge is 2.18. The van der Waals surface area contributed by atoms with Crippen molar-refractivity contribution in [3.05, 3.63) is 47.5 Å². The van der Waals surface area contributed by atoms with Crippen molar-refractivity contribution in [2.24, 2.45) is 0 Å². The molecular formula is C22H31N3O3. The molecule has 1 aromatic heterocycles. The number of likely N-dealkylation sites (tertiary alicyclic amines) is 1. The van der Waals surface area contributed by atoms with Crippen LogP contribution in [0, 0.1) is 0 Å². The quantitative estimate of drug-likeness (QED) is 0.626. The van der Waals surface area contributed by atoms with Crippen LogP contribution in [0.3, 0.4) is 0 Å². The Hall–Kier alpha value is -2.18. The van der Waals surface area contributed by atoms with Gasteiger partial charge in [-0.15, -0.1) is 0 Å². The highest BCUT2D eigenvalue weighted by atomic mass is 16.5. The Morgan fingerprint density at radius 1 is 1.11 bits per heavy atom. The van der Waals surface area contributed by atoms with Crippen molar-refractivity contribution in [2.45, 2.75) is 38.7 Å². The summed E-state index contributed by atoms with van der Waals surface area (Å²) in [7, 11) is 3.41. The van der Waals surface area contributed by atoms with Crippen LogP contribution in [0.15, 0.2) is 30.5 Å². The SMILES string of the molecule is CCc1ccnc(Cc2ccc(OC)c(OC[C@@H](CN3CCCC3)OC)c2)n1. The van der Waals surface area contributed by atoms with Gasteiger partial charge in [0, 0.05) is 32.0 Å². The van der Waals surface area contributed by atoms with Crippen LogP contribution in [-0.2, 0) is 17.6 Å². The van der Waals surface area contributed by atoms with E-state index in [0.29, 0.717) is 13.0 Å². The van der Waals surface area contributed by atoms with E-state index in [4.69, 9.17) is 14.2 Å². The van der Waals surface area contributed by atoms with Crippen LogP contribution in [0.4, 0.5) is 0 Å². The number of aromatic nitrogens is 2. The molecule has 2 aromatic rings. The average Bonchev–Trinajstić information content (AvgIpc) is 3.24. The van der Waals surface area contributed by atoms with Crippen molar-refractivity contribution < 1.29 is 14.2 Å². The molecule has 28 heavy (non-hydrogen) atoms. The Bertz CT molecular complexity index is 748. The maximum atomic E-state index is 6.10. The first kappa shape index (κ1) is 20.6. The summed E-state index contributed by atoms with van der Waals surface area (Å²) in [5.74, 6) is 2.28. The van der Waals surface area contributed by atoms with Gasteiger partial charge in [-0.2, -0.15) is 0 Å². The molecule has 0 unspecified atom stereocenters. The zero-order valence-electron chi connectivity index (χ0n) is 17.2. The molecule has 0 amide bonds. The van der Waals surface area contributed by atoms with Gasteiger partial charge in [0.15, 0.2) is 11.5 Å². The number of benzene rings is 1. The molecular weight excluding hydrogens is 354 g/mol. The van der Waals surface area contributed by atoms with Crippen LogP contribution >= 0.6 is 0 Å². The van der Waals surface area contributed by atoms with Crippen molar-refractivity contribution in [1.29, 1.82) is 0 Å². The summed E-state index contributed by atoms with van der Waals surface area (Å²) >= 11 is 0. The zero-order chi connectivity index (χ0) is 19.8. The van der Waals surface area contributed by atoms with E-state index in [2.05, 4.69) is 21.8 Å². The summed E-state index contributed by atoms with van der Waals surface area (Å²) in [6.45, 7) is 5.79. The predicted octanol–water partition coefficient (Wildman–Crippen LogP) is 3.13. The third-order valence-electron chi connectivity index (χ3n) is 5.13. The van der Waals surface area contributed by atoms with Gasteiger partial charge in [0.05, 0.1) is 7.11 Å². The number of hydrogen-bond acceptors (Lipinski definition) is 6. The van der Waals surface area contributed by atoms with Crippen LogP contribution in [0.25, 0.3) is 0 Å². The van der Waals surface area contributed by atoms with E-state index in [1.807, 2.05) is 30.5 Å². The lowest BCUT2D eigenvalue weighted by Gasteiger charge is -2.23. The summed E-state index contributed by atoms with van der Waals surface area (Å²) in [5.41, 5.74) is 2.15. The highest BCUT2D eigenvalue weighted by molar-refractivity contribution is 5.43. The van der Waals surface area contributed by atoms with Crippen molar-refractivity contribution >= 4 is 0 Å². The summed E-state index contributed by atoms with van der Waals surface area (Å²) < 4.78 is 17.2. The van der Waals surface area contributed by atoms with Crippen molar-refractivity contribution in [3.8, 4) is 11.5 Å². The van der Waals surface area contributed by atoms with Crippen molar-refractivity contribution in [3.63, 3.8) is 0 Å². The first-order chi connectivity index (χ1) is 13.7. The predicted molar refractivity (Wildman–Crippen MR) is 109 cm³/mol. The molecule has 1 fully saturated rings. The van der Waals surface area contributed by atoms with E-state index in [-0.39, 0.29) is 6.10 Å². The standard InChI is InChI=1S/C22H31N3O3/c1-4-18-9-10-23-22(24-18)14-17-7-8-20(27-3)21(13-17)28-16-19(26-2)15-25-11-5-6-12-25/h7-10,13,19H,4-6,11-12,14-16H2,1-3H3/t19-/m1/s1. The molecule has 0 bridgehead atoms. The maximum absolute atomic E-state index is 6.10. The first-order valence-corrected chi connectivity index (χ1v) is 10.1. The van der Waals surface area contributed by atoms with Crippen LogP contribution in [0.2, 0.25) is 0 Å². The van der Waals surface area contributed by atoms with E-state index in [1.165, 1.54) is 12.8 Å². The largest absolute Gasteiger partial charge is 0.493 e. The number of methoxy groups -OCH3 is 2. The molecule has 0 spiro atoms. The van der Waals surface area contributed by atoms with Crippen molar-refractivity contribution in [2.75, 3.05) is 40.5 Å². The van der Waals surface area contributed by atoms with Crippen LogP contribution < -0.4 is 9.47 Å². The van der Waals surface area contributed by atoms with Gasteiger partial charge in [-0.3, -0.25) is 0 Å². The minimum absolute atomic E-state index is 0.0380. The zero-order valence-corrected chi connectivity index (χ0v) is 17.2. The fourth-order valence-corrected chi connectivity index (χ4v) is 3.48. The minimum Gasteiger partial charge on any atom is -0.493 e. The molecule has 3 rings (SSSR count). The molecule has 1 atom stereocenters. The Labute approximate surface area is 167 Å². The van der Waals surface area contributed by atoms with Gasteiger partial charge in [0.2, 0.25) is 0 Å². The fraction of sp³-hybridized carbons (Fsp3) is 0.545. The lowest BCUT2D eigenvalue weighted by atomic mass is 10.1. The second kappa shape index (κ2) is 10.4. The second-order valence-corrected chi connectivity index (χ2v) is 7.16. The molecule has 6 nitrogen and oxygen atoms in total. The number of rotatable bonds is 10. The molecule has 0 radical (unpaired) electrons. The van der Waals surface area contributed by atoms with Gasteiger partial charge < -0.3 is 19.1 Å². The normalized spacial score (nSPS) is 15.5. The van der Waals surface area contributed by atoms with Crippen LogP contribution in [0.1, 0.15) is 36.8 Å². The fourth-order valence-electron chi connectivity index (χ4n) is 3.48. The Morgan fingerprint density at radius 3 is 2.64 bits per heavy atom. The molecule has 1 aliphatic rings. The molecule has 1 aliphatic heterocycles. The van der Waals surface area contributed by atoms with E-state index >= 15 is 0 Å². The Kier molecular flexibility index (Phi) is 7.62. The molecule has 152 valence electrons. The molecule has 2 heterocycles. The molecule has 6 heteroatoms. The topological polar surface area (TPSA) is 56.7 Å². The summed E-state index contributed by atoms with van der Waals surface area (Å²) in [6, 6.07) is 7.95. The van der Waals surface area contributed by atoms with Gasteiger partial charge in [-0.05, 0) is 56.1 Å². The third kappa shape index (κ3) is 5.66. The molecule has 0 saturated carbocycles. The number of hydrogen-bond donors (Lipinski definition) is 0. The van der Waals surface area contributed by atoms with E-state index in [1.54, 1.807) is 14.2 Å². The summed E-state index contributed by atoms with van der Waals surface area (Å²) in [4.78, 5) is 11.4. The van der Waals surface area contributed by atoms with Crippen LogP contribution in [0.5, 0.6) is 11.5 Å². The minimum atomic E-state index is 0.0380. The summed E-state index contributed by atoms with van der Waals surface area (Å²) in [6.07, 6.45) is 5.97. The number of ether oxygens (including phenoxy) is 3. The third-order valence-corrected chi connectivity index (χ3v) is 5.13. The number of nitrogens with zero attached hydrogens (tertiary/aromatic N) is 3. The van der Waals surface area contributed by atoms with E-state index in [0.717, 1.165) is 54.6 Å². The Balaban J connectivity index is 1.66. The molecule has 0 N–H and O–H groups in total. The molecule has 0 aliphatic carbocycles. The van der Waals surface area contributed by atoms with E-state index in [9.17, 15) is 0 Å². The average molecular weight is 386 g/mol. The van der Waals surface area contributed by atoms with Gasteiger partial charge in [0.1, 0.15) is 18.5 Å². The number of aryl methyl sites for hydroxylation is 1. The van der Waals surface area contributed by atoms with E-state index < -0.39 is 0 Å². The smallest absolute Gasteiger partial charge is 0.161 e. The molecule has 1 saturated heterocycles. The van der Waals surface area contributed by atoms with Gasteiger partial charge in [-0.25, -0.2) is 9.97 Å². The van der Waals surface area contributed by atoms with Crippen molar-refractivity contribution in [1.82, 2.24) is 14.9 Å². The first-order valence-electron chi connectivity index (χ1n) is 10.1. The molecule has 1 aromatic carbocycles. The lowest BCUT2D eigenvalue weighted by molar-refractivity contribution is 0.0339. The monoisotopic (exact) mass is 385 g/mol. The lowest BCUT2D eigenvalue weighted by Crippen LogP contribution is -2.35.